The number of aliphatic carboxylic acids is 1. The van der Waals surface area contributed by atoms with Crippen LogP contribution < -0.4 is 5.56 Å². The first-order chi connectivity index (χ1) is 12.0. The van der Waals surface area contributed by atoms with E-state index in [1.165, 1.54) is 15.9 Å². The lowest BCUT2D eigenvalue weighted by Crippen LogP contribution is -2.27. The lowest BCUT2D eigenvalue weighted by Gasteiger charge is -2.08. The third-order valence-corrected chi connectivity index (χ3v) is 5.11. The van der Waals surface area contributed by atoms with Gasteiger partial charge in [-0.25, -0.2) is 4.98 Å². The highest BCUT2D eigenvalue weighted by Crippen LogP contribution is 2.32. The third kappa shape index (κ3) is 2.60. The fraction of sp³-hybridized carbons (Fsp3) is 0.105. The van der Waals surface area contributed by atoms with E-state index in [-0.39, 0.29) is 12.1 Å². The van der Waals surface area contributed by atoms with Gasteiger partial charge in [-0.15, -0.1) is 11.3 Å². The summed E-state index contributed by atoms with van der Waals surface area (Å²) < 4.78 is 1.21. The first kappa shape index (κ1) is 15.5. The molecule has 0 fully saturated rings. The van der Waals surface area contributed by atoms with Gasteiger partial charge in [-0.2, -0.15) is 0 Å². The van der Waals surface area contributed by atoms with Gasteiger partial charge in [-0.3, -0.25) is 14.2 Å². The van der Waals surface area contributed by atoms with Crippen molar-refractivity contribution in [1.29, 1.82) is 0 Å². The molecule has 0 atom stereocenters. The van der Waals surface area contributed by atoms with Gasteiger partial charge in [-0.1, -0.05) is 36.4 Å². The van der Waals surface area contributed by atoms with Crippen molar-refractivity contribution in [3.8, 4) is 11.1 Å². The Labute approximate surface area is 146 Å². The van der Waals surface area contributed by atoms with Crippen LogP contribution in [0, 0.1) is 6.92 Å². The van der Waals surface area contributed by atoms with Crippen LogP contribution in [0.15, 0.2) is 52.6 Å². The molecule has 0 saturated carbocycles. The molecule has 0 aliphatic carbocycles. The smallest absolute Gasteiger partial charge is 0.323 e. The van der Waals surface area contributed by atoms with Crippen LogP contribution in [0.25, 0.3) is 32.1 Å². The summed E-state index contributed by atoms with van der Waals surface area (Å²) in [6.07, 6.45) is 0. The van der Waals surface area contributed by atoms with Gasteiger partial charge in [0.05, 0.1) is 5.39 Å². The number of carboxylic acids is 1. The molecule has 0 spiro atoms. The lowest BCUT2D eigenvalue weighted by molar-refractivity contribution is -0.137. The minimum atomic E-state index is -1.06. The van der Waals surface area contributed by atoms with E-state index in [0.717, 1.165) is 21.9 Å². The monoisotopic (exact) mass is 350 g/mol. The quantitative estimate of drug-likeness (QED) is 0.612. The van der Waals surface area contributed by atoms with Crippen molar-refractivity contribution in [1.82, 2.24) is 9.55 Å². The summed E-state index contributed by atoms with van der Waals surface area (Å²) in [6.45, 7) is 1.26. The van der Waals surface area contributed by atoms with Crippen LogP contribution in [0.1, 0.15) is 5.82 Å². The maximum Gasteiger partial charge on any atom is 0.323 e. The molecular formula is C19H14N2O3S. The Kier molecular flexibility index (Phi) is 3.62. The summed E-state index contributed by atoms with van der Waals surface area (Å²) in [7, 11) is 0. The van der Waals surface area contributed by atoms with E-state index in [1.54, 1.807) is 6.92 Å². The molecule has 2 aromatic carbocycles. The second-order valence-corrected chi connectivity index (χ2v) is 6.69. The minimum Gasteiger partial charge on any atom is -0.480 e. The number of hydrogen-bond donors (Lipinski definition) is 1. The minimum absolute atomic E-state index is 0.311. The van der Waals surface area contributed by atoms with Gasteiger partial charge in [0.2, 0.25) is 0 Å². The topological polar surface area (TPSA) is 72.2 Å². The van der Waals surface area contributed by atoms with Crippen LogP contribution in [-0.4, -0.2) is 20.6 Å². The molecule has 0 aliphatic rings. The molecule has 2 aromatic heterocycles. The Balaban J connectivity index is 1.98. The van der Waals surface area contributed by atoms with Crippen LogP contribution in [0.3, 0.4) is 0 Å². The predicted molar refractivity (Wildman–Crippen MR) is 99.2 cm³/mol. The Bertz CT molecular complexity index is 1190. The van der Waals surface area contributed by atoms with Crippen molar-refractivity contribution in [2.24, 2.45) is 0 Å². The Hall–Kier alpha value is -2.99. The van der Waals surface area contributed by atoms with Crippen molar-refractivity contribution in [3.63, 3.8) is 0 Å². The molecule has 0 aliphatic heterocycles. The summed E-state index contributed by atoms with van der Waals surface area (Å²) in [4.78, 5) is 29.0. The van der Waals surface area contributed by atoms with Gasteiger partial charge in [0.25, 0.3) is 5.56 Å². The molecule has 4 aromatic rings. The number of aromatic nitrogens is 2. The van der Waals surface area contributed by atoms with Gasteiger partial charge in [0, 0.05) is 10.9 Å². The maximum absolute atomic E-state index is 12.9. The number of thiophene rings is 1. The molecule has 124 valence electrons. The number of fused-ring (bicyclic) bond motifs is 2. The summed E-state index contributed by atoms with van der Waals surface area (Å²) in [6, 6.07) is 14.1. The highest BCUT2D eigenvalue weighted by molar-refractivity contribution is 7.17. The molecule has 0 saturated heterocycles. The Morgan fingerprint density at radius 1 is 1.20 bits per heavy atom. The van der Waals surface area contributed by atoms with E-state index < -0.39 is 5.97 Å². The average molecular weight is 350 g/mol. The van der Waals surface area contributed by atoms with Crippen LogP contribution in [-0.2, 0) is 11.3 Å². The largest absolute Gasteiger partial charge is 0.480 e. The number of nitrogens with zero attached hydrogens (tertiary/aromatic N) is 2. The van der Waals surface area contributed by atoms with E-state index in [1.807, 2.05) is 47.8 Å². The zero-order valence-corrected chi connectivity index (χ0v) is 14.2. The van der Waals surface area contributed by atoms with Crippen molar-refractivity contribution >= 4 is 38.3 Å². The number of carboxylic acid groups (broad SMARTS) is 1. The predicted octanol–water partition coefficient (Wildman–Crippen LogP) is 3.67. The molecule has 0 amide bonds. The normalized spacial score (nSPS) is 11.2. The van der Waals surface area contributed by atoms with Gasteiger partial charge in [-0.05, 0) is 29.3 Å². The average Bonchev–Trinajstić information content (AvgIpc) is 3.01. The van der Waals surface area contributed by atoms with Crippen molar-refractivity contribution in [2.75, 3.05) is 0 Å². The summed E-state index contributed by atoms with van der Waals surface area (Å²) in [5, 5.41) is 13.7. The summed E-state index contributed by atoms with van der Waals surface area (Å²) >= 11 is 1.40. The number of benzene rings is 2. The van der Waals surface area contributed by atoms with Gasteiger partial charge < -0.3 is 5.11 Å². The number of aryl methyl sites for hydroxylation is 1. The summed E-state index contributed by atoms with van der Waals surface area (Å²) in [5.74, 6) is -0.652. The SMILES string of the molecule is Cc1nc2scc(-c3ccc4ccccc4c3)c2c(=O)n1CC(=O)O. The Morgan fingerprint density at radius 2 is 1.96 bits per heavy atom. The fourth-order valence-electron chi connectivity index (χ4n) is 3.02. The highest BCUT2D eigenvalue weighted by Gasteiger charge is 2.16. The van der Waals surface area contributed by atoms with Gasteiger partial charge in [0.1, 0.15) is 17.2 Å². The molecule has 1 N–H and O–H groups in total. The van der Waals surface area contributed by atoms with E-state index in [4.69, 9.17) is 5.11 Å². The fourth-order valence-corrected chi connectivity index (χ4v) is 4.00. The zero-order valence-electron chi connectivity index (χ0n) is 13.4. The van der Waals surface area contributed by atoms with Crippen LogP contribution in [0.5, 0.6) is 0 Å². The van der Waals surface area contributed by atoms with E-state index in [0.29, 0.717) is 16.0 Å². The highest BCUT2D eigenvalue weighted by atomic mass is 32.1. The van der Waals surface area contributed by atoms with E-state index >= 15 is 0 Å². The lowest BCUT2D eigenvalue weighted by atomic mass is 10.0. The zero-order chi connectivity index (χ0) is 17.6. The standard InChI is InChI=1S/C19H14N2O3S/c1-11-20-18-17(19(24)21(11)9-16(22)23)15(10-25-18)14-7-6-12-4-2-3-5-13(12)8-14/h2-8,10H,9H2,1H3,(H,22,23). The number of rotatable bonds is 3. The summed E-state index contributed by atoms with van der Waals surface area (Å²) in [5.41, 5.74) is 1.41. The van der Waals surface area contributed by atoms with Gasteiger partial charge >= 0.3 is 5.97 Å². The van der Waals surface area contributed by atoms with E-state index in [9.17, 15) is 9.59 Å². The Morgan fingerprint density at radius 3 is 2.72 bits per heavy atom. The number of carbonyl (C=O) groups is 1. The molecule has 4 rings (SSSR count). The first-order valence-corrected chi connectivity index (χ1v) is 8.62. The number of hydrogen-bond acceptors (Lipinski definition) is 4. The molecule has 2 heterocycles. The van der Waals surface area contributed by atoms with Crippen LogP contribution in [0.4, 0.5) is 0 Å². The maximum atomic E-state index is 12.9. The van der Waals surface area contributed by atoms with Crippen LogP contribution in [0.2, 0.25) is 0 Å². The molecular weight excluding hydrogens is 336 g/mol. The van der Waals surface area contributed by atoms with Gasteiger partial charge in [0.15, 0.2) is 0 Å². The van der Waals surface area contributed by atoms with E-state index in [2.05, 4.69) is 4.98 Å². The second kappa shape index (κ2) is 5.82. The molecule has 0 unspecified atom stereocenters. The van der Waals surface area contributed by atoms with Crippen molar-refractivity contribution < 1.29 is 9.90 Å². The van der Waals surface area contributed by atoms with Crippen molar-refractivity contribution in [3.05, 3.63) is 64.0 Å². The first-order valence-electron chi connectivity index (χ1n) is 7.74. The molecule has 6 heteroatoms. The second-order valence-electron chi connectivity index (χ2n) is 5.84. The molecule has 5 nitrogen and oxygen atoms in total. The molecule has 0 radical (unpaired) electrons. The molecule has 0 bridgehead atoms. The van der Waals surface area contributed by atoms with Crippen molar-refractivity contribution in [2.45, 2.75) is 13.5 Å². The third-order valence-electron chi connectivity index (χ3n) is 4.24. The molecule has 25 heavy (non-hydrogen) atoms. The van der Waals surface area contributed by atoms with Crippen LogP contribution >= 0.6 is 11.3 Å².